The second-order valence-electron chi connectivity index (χ2n) is 8.00. The van der Waals surface area contributed by atoms with Crippen molar-refractivity contribution >= 4 is 27.7 Å². The van der Waals surface area contributed by atoms with Gasteiger partial charge in [-0.25, -0.2) is 13.6 Å². The zero-order valence-electron chi connectivity index (χ0n) is 17.3. The molecule has 3 rings (SSSR count). The standard InChI is InChI=1S/C20H29N5O5S/c21-31(29,30)17-7-1-14(2-8-17)9-10-22-11-18(26)24-19(27)13-25(16-5-6-16)20(28)12-23-15-3-4-15/h1-2,7-8,15-16,22-23H,3-6,9-13H2,(H2,21,29,30)(H,24,26,27). The van der Waals surface area contributed by atoms with Gasteiger partial charge in [-0.15, -0.1) is 0 Å². The molecule has 31 heavy (non-hydrogen) atoms. The highest BCUT2D eigenvalue weighted by atomic mass is 32.2. The maximum atomic E-state index is 12.3. The molecule has 170 valence electrons. The van der Waals surface area contributed by atoms with Crippen LogP contribution in [0.1, 0.15) is 31.2 Å². The van der Waals surface area contributed by atoms with Crippen LogP contribution in [0.3, 0.4) is 0 Å². The molecule has 10 nitrogen and oxygen atoms in total. The van der Waals surface area contributed by atoms with Crippen LogP contribution in [0.25, 0.3) is 0 Å². The molecule has 2 aliphatic carbocycles. The predicted molar refractivity (Wildman–Crippen MR) is 113 cm³/mol. The van der Waals surface area contributed by atoms with Crippen LogP contribution in [0.4, 0.5) is 0 Å². The fourth-order valence-corrected chi connectivity index (χ4v) is 3.62. The molecule has 0 unspecified atom stereocenters. The highest BCUT2D eigenvalue weighted by Gasteiger charge is 2.34. The average molecular weight is 452 g/mol. The van der Waals surface area contributed by atoms with E-state index in [0.29, 0.717) is 19.0 Å². The Morgan fingerprint density at radius 3 is 2.26 bits per heavy atom. The minimum Gasteiger partial charge on any atom is -0.329 e. The van der Waals surface area contributed by atoms with Crippen molar-refractivity contribution in [3.8, 4) is 0 Å². The lowest BCUT2D eigenvalue weighted by atomic mass is 10.1. The van der Waals surface area contributed by atoms with Gasteiger partial charge in [-0.3, -0.25) is 19.7 Å². The molecule has 0 atom stereocenters. The minimum absolute atomic E-state index is 0.0401. The highest BCUT2D eigenvalue weighted by Crippen LogP contribution is 2.26. The SMILES string of the molecule is NS(=O)(=O)c1ccc(CCNCC(=O)NC(=O)CN(C(=O)CNC2CC2)C2CC2)cc1. The lowest BCUT2D eigenvalue weighted by molar-refractivity contribution is -0.138. The van der Waals surface area contributed by atoms with Gasteiger partial charge in [0, 0.05) is 12.1 Å². The van der Waals surface area contributed by atoms with E-state index in [2.05, 4.69) is 16.0 Å². The third-order valence-electron chi connectivity index (χ3n) is 5.15. The molecule has 11 heteroatoms. The number of hydrogen-bond donors (Lipinski definition) is 4. The summed E-state index contributed by atoms with van der Waals surface area (Å²) in [4.78, 5) is 38.1. The topological polar surface area (TPSA) is 151 Å². The average Bonchev–Trinajstić information content (AvgIpc) is 3.61. The van der Waals surface area contributed by atoms with Crippen LogP contribution < -0.4 is 21.1 Å². The Morgan fingerprint density at radius 2 is 1.68 bits per heavy atom. The van der Waals surface area contributed by atoms with Crippen molar-refractivity contribution in [3.05, 3.63) is 29.8 Å². The van der Waals surface area contributed by atoms with E-state index in [1.54, 1.807) is 17.0 Å². The molecule has 0 radical (unpaired) electrons. The summed E-state index contributed by atoms with van der Waals surface area (Å²) in [6.45, 7) is 0.539. The van der Waals surface area contributed by atoms with E-state index in [9.17, 15) is 22.8 Å². The summed E-state index contributed by atoms with van der Waals surface area (Å²) < 4.78 is 22.5. The third-order valence-corrected chi connectivity index (χ3v) is 6.08. The molecule has 0 saturated heterocycles. The van der Waals surface area contributed by atoms with E-state index in [1.807, 2.05) is 0 Å². The number of amides is 3. The number of nitrogens with zero attached hydrogens (tertiary/aromatic N) is 1. The Hall–Kier alpha value is -2.34. The van der Waals surface area contributed by atoms with Crippen LogP contribution in [0.5, 0.6) is 0 Å². The Balaban J connectivity index is 1.33. The minimum atomic E-state index is -3.72. The molecule has 1 aromatic carbocycles. The Morgan fingerprint density at radius 1 is 1.00 bits per heavy atom. The summed E-state index contributed by atoms with van der Waals surface area (Å²) in [6.07, 6.45) is 4.51. The van der Waals surface area contributed by atoms with Crippen molar-refractivity contribution in [2.24, 2.45) is 5.14 Å². The monoisotopic (exact) mass is 451 g/mol. The van der Waals surface area contributed by atoms with Crippen LogP contribution >= 0.6 is 0 Å². The van der Waals surface area contributed by atoms with Gasteiger partial charge in [0.25, 0.3) is 0 Å². The van der Waals surface area contributed by atoms with E-state index in [-0.39, 0.29) is 36.5 Å². The van der Waals surface area contributed by atoms with Gasteiger partial charge in [0.05, 0.1) is 18.0 Å². The zero-order valence-corrected chi connectivity index (χ0v) is 18.1. The Bertz CT molecular complexity index is 910. The lowest BCUT2D eigenvalue weighted by Gasteiger charge is -2.22. The van der Waals surface area contributed by atoms with E-state index in [4.69, 9.17) is 5.14 Å². The van der Waals surface area contributed by atoms with Crippen LogP contribution in [-0.2, 0) is 30.8 Å². The first kappa shape index (κ1) is 23.3. The maximum absolute atomic E-state index is 12.3. The van der Waals surface area contributed by atoms with Crippen LogP contribution in [0, 0.1) is 0 Å². The summed E-state index contributed by atoms with van der Waals surface area (Å²) in [5.74, 6) is -1.06. The quantitative estimate of drug-likeness (QED) is 0.293. The number of primary sulfonamides is 1. The molecule has 2 saturated carbocycles. The summed E-state index contributed by atoms with van der Waals surface area (Å²) in [7, 11) is -3.72. The molecule has 0 spiro atoms. The van der Waals surface area contributed by atoms with Gasteiger partial charge in [0.15, 0.2) is 0 Å². The largest absolute Gasteiger partial charge is 0.329 e. The van der Waals surface area contributed by atoms with Gasteiger partial charge >= 0.3 is 0 Å². The van der Waals surface area contributed by atoms with Gasteiger partial charge < -0.3 is 15.5 Å². The van der Waals surface area contributed by atoms with Gasteiger partial charge in [-0.05, 0) is 56.3 Å². The van der Waals surface area contributed by atoms with Crippen LogP contribution in [0.15, 0.2) is 29.2 Å². The van der Waals surface area contributed by atoms with Crippen molar-refractivity contribution in [1.29, 1.82) is 0 Å². The first-order valence-corrected chi connectivity index (χ1v) is 11.9. The second kappa shape index (κ2) is 10.3. The number of carbonyl (C=O) groups excluding carboxylic acids is 3. The number of rotatable bonds is 12. The molecular weight excluding hydrogens is 422 g/mol. The predicted octanol–water partition coefficient (Wildman–Crippen LogP) is -1.15. The van der Waals surface area contributed by atoms with Crippen molar-refractivity contribution in [3.63, 3.8) is 0 Å². The molecule has 2 fully saturated rings. The number of imide groups is 1. The summed E-state index contributed by atoms with van der Waals surface area (Å²) in [6, 6.07) is 6.69. The van der Waals surface area contributed by atoms with E-state index < -0.39 is 21.8 Å². The number of hydrogen-bond acceptors (Lipinski definition) is 7. The first-order valence-electron chi connectivity index (χ1n) is 10.4. The van der Waals surface area contributed by atoms with E-state index >= 15 is 0 Å². The van der Waals surface area contributed by atoms with Gasteiger partial charge in [-0.2, -0.15) is 0 Å². The number of benzene rings is 1. The second-order valence-corrected chi connectivity index (χ2v) is 9.56. The van der Waals surface area contributed by atoms with Gasteiger partial charge in [0.2, 0.25) is 27.7 Å². The molecule has 2 aliphatic rings. The molecule has 0 aromatic heterocycles. The summed E-state index contributed by atoms with van der Waals surface area (Å²) >= 11 is 0. The molecule has 3 amide bonds. The van der Waals surface area contributed by atoms with Crippen molar-refractivity contribution in [1.82, 2.24) is 20.9 Å². The Kier molecular flexibility index (Phi) is 7.76. The Labute approximate surface area is 182 Å². The van der Waals surface area contributed by atoms with Crippen molar-refractivity contribution in [2.45, 2.75) is 49.1 Å². The van der Waals surface area contributed by atoms with Crippen LogP contribution in [-0.4, -0.2) is 69.3 Å². The normalized spacial score (nSPS) is 16.0. The highest BCUT2D eigenvalue weighted by molar-refractivity contribution is 7.89. The molecule has 0 aliphatic heterocycles. The number of sulfonamides is 1. The zero-order chi connectivity index (χ0) is 22.4. The van der Waals surface area contributed by atoms with E-state index in [1.165, 1.54) is 12.1 Å². The molecule has 0 heterocycles. The van der Waals surface area contributed by atoms with Gasteiger partial charge in [0.1, 0.15) is 6.54 Å². The molecule has 0 bridgehead atoms. The molecule has 5 N–H and O–H groups in total. The lowest BCUT2D eigenvalue weighted by Crippen LogP contribution is -2.48. The number of nitrogens with one attached hydrogen (secondary N) is 3. The fourth-order valence-electron chi connectivity index (χ4n) is 3.10. The van der Waals surface area contributed by atoms with Crippen molar-refractivity contribution < 1.29 is 22.8 Å². The maximum Gasteiger partial charge on any atom is 0.246 e. The first-order chi connectivity index (χ1) is 14.7. The molecule has 1 aromatic rings. The summed E-state index contributed by atoms with van der Waals surface area (Å²) in [5, 5.41) is 13.5. The molecular formula is C20H29N5O5S. The smallest absolute Gasteiger partial charge is 0.246 e. The summed E-state index contributed by atoms with van der Waals surface area (Å²) in [5.41, 5.74) is 0.884. The fraction of sp³-hybridized carbons (Fsp3) is 0.550. The van der Waals surface area contributed by atoms with E-state index in [0.717, 1.165) is 31.2 Å². The van der Waals surface area contributed by atoms with Gasteiger partial charge in [-0.1, -0.05) is 12.1 Å². The number of carbonyl (C=O) groups is 3. The third kappa shape index (κ3) is 8.02. The van der Waals surface area contributed by atoms with Crippen molar-refractivity contribution in [2.75, 3.05) is 26.2 Å². The number of nitrogens with two attached hydrogens (primary N) is 1. The van der Waals surface area contributed by atoms with Crippen LogP contribution in [0.2, 0.25) is 0 Å².